The van der Waals surface area contributed by atoms with E-state index in [0.717, 1.165) is 30.6 Å². The van der Waals surface area contributed by atoms with E-state index in [1.807, 2.05) is 11.4 Å². The lowest BCUT2D eigenvalue weighted by molar-refractivity contribution is 0.334. The van der Waals surface area contributed by atoms with E-state index in [1.54, 1.807) is 0 Å². The molecular formula is C13H16ClN3OS. The Bertz CT molecular complexity index is 558. The van der Waals surface area contributed by atoms with Gasteiger partial charge >= 0.3 is 0 Å². The van der Waals surface area contributed by atoms with Crippen molar-refractivity contribution in [1.82, 2.24) is 10.1 Å². The topological polar surface area (TPSA) is 64.9 Å². The number of halogens is 1. The number of hydrogen-bond donors (Lipinski definition) is 1. The fourth-order valence-corrected chi connectivity index (χ4v) is 3.60. The number of thiophene rings is 1. The number of nitrogens with zero attached hydrogens (tertiary/aromatic N) is 2. The van der Waals surface area contributed by atoms with Gasteiger partial charge in [-0.1, -0.05) is 42.4 Å². The molecule has 2 aromatic heterocycles. The third-order valence-electron chi connectivity index (χ3n) is 3.68. The molecule has 0 aromatic carbocycles. The molecule has 0 aliphatic heterocycles. The van der Waals surface area contributed by atoms with Crippen molar-refractivity contribution < 1.29 is 4.52 Å². The SMILES string of the molecule is NC1(c2noc(-c3sccc3Cl)n2)CCCCCC1. The van der Waals surface area contributed by atoms with Gasteiger partial charge in [0.15, 0.2) is 5.82 Å². The highest BCUT2D eigenvalue weighted by molar-refractivity contribution is 7.14. The van der Waals surface area contributed by atoms with Crippen molar-refractivity contribution in [3.8, 4) is 10.8 Å². The maximum absolute atomic E-state index is 6.47. The Morgan fingerprint density at radius 2 is 2.00 bits per heavy atom. The van der Waals surface area contributed by atoms with Gasteiger partial charge in [0.05, 0.1) is 10.6 Å². The first-order valence-corrected chi connectivity index (χ1v) is 7.81. The summed E-state index contributed by atoms with van der Waals surface area (Å²) in [7, 11) is 0. The van der Waals surface area contributed by atoms with Gasteiger partial charge in [0.1, 0.15) is 4.88 Å². The maximum Gasteiger partial charge on any atom is 0.269 e. The van der Waals surface area contributed by atoms with E-state index in [2.05, 4.69) is 10.1 Å². The summed E-state index contributed by atoms with van der Waals surface area (Å²) in [5.41, 5.74) is 6.03. The van der Waals surface area contributed by atoms with Gasteiger partial charge in [-0.25, -0.2) is 0 Å². The summed E-state index contributed by atoms with van der Waals surface area (Å²) in [5, 5.41) is 6.64. The number of rotatable bonds is 2. The number of hydrogen-bond acceptors (Lipinski definition) is 5. The lowest BCUT2D eigenvalue weighted by Crippen LogP contribution is -2.37. The van der Waals surface area contributed by atoms with Gasteiger partial charge in [0, 0.05) is 0 Å². The molecule has 1 saturated carbocycles. The standard InChI is InChI=1S/C13H16ClN3OS/c14-9-5-8-19-10(9)11-16-12(17-18-11)13(15)6-3-1-2-4-7-13/h5,8H,1-4,6-7,15H2. The van der Waals surface area contributed by atoms with Crippen molar-refractivity contribution in [3.05, 3.63) is 22.3 Å². The van der Waals surface area contributed by atoms with Crippen LogP contribution in [0.3, 0.4) is 0 Å². The fourth-order valence-electron chi connectivity index (χ4n) is 2.55. The zero-order chi connectivity index (χ0) is 13.3. The van der Waals surface area contributed by atoms with Crippen LogP contribution in [0, 0.1) is 0 Å². The van der Waals surface area contributed by atoms with Crippen LogP contribution in [-0.4, -0.2) is 10.1 Å². The molecular weight excluding hydrogens is 282 g/mol. The lowest BCUT2D eigenvalue weighted by Gasteiger charge is -2.23. The molecule has 102 valence electrons. The van der Waals surface area contributed by atoms with Crippen LogP contribution in [0.15, 0.2) is 16.0 Å². The van der Waals surface area contributed by atoms with Crippen LogP contribution in [0.2, 0.25) is 5.02 Å². The van der Waals surface area contributed by atoms with Crippen LogP contribution in [0.5, 0.6) is 0 Å². The highest BCUT2D eigenvalue weighted by atomic mass is 35.5. The van der Waals surface area contributed by atoms with Gasteiger partial charge in [0.2, 0.25) is 0 Å². The minimum Gasteiger partial charge on any atom is -0.333 e. The van der Waals surface area contributed by atoms with Gasteiger partial charge < -0.3 is 10.3 Å². The van der Waals surface area contributed by atoms with Crippen molar-refractivity contribution in [2.45, 2.75) is 44.1 Å². The lowest BCUT2D eigenvalue weighted by atomic mass is 9.91. The van der Waals surface area contributed by atoms with E-state index in [0.29, 0.717) is 16.7 Å². The molecule has 0 spiro atoms. The Balaban J connectivity index is 1.90. The molecule has 0 radical (unpaired) electrons. The second kappa shape index (κ2) is 5.23. The Morgan fingerprint density at radius 1 is 1.26 bits per heavy atom. The zero-order valence-electron chi connectivity index (χ0n) is 10.6. The second-order valence-corrected chi connectivity index (χ2v) is 6.41. The van der Waals surface area contributed by atoms with Crippen LogP contribution < -0.4 is 5.73 Å². The molecule has 2 N–H and O–H groups in total. The molecule has 2 heterocycles. The van der Waals surface area contributed by atoms with Crippen molar-refractivity contribution in [3.63, 3.8) is 0 Å². The molecule has 3 rings (SSSR count). The molecule has 1 aliphatic carbocycles. The summed E-state index contributed by atoms with van der Waals surface area (Å²) in [4.78, 5) is 5.29. The largest absolute Gasteiger partial charge is 0.333 e. The molecule has 1 aliphatic rings. The Hall–Kier alpha value is -0.910. The first-order chi connectivity index (χ1) is 9.19. The molecule has 19 heavy (non-hydrogen) atoms. The summed E-state index contributed by atoms with van der Waals surface area (Å²) in [6.07, 6.45) is 6.56. The molecule has 0 atom stereocenters. The van der Waals surface area contributed by atoms with Gasteiger partial charge in [-0.2, -0.15) is 4.98 Å². The Kier molecular flexibility index (Phi) is 3.60. The van der Waals surface area contributed by atoms with E-state index < -0.39 is 5.54 Å². The van der Waals surface area contributed by atoms with Crippen molar-refractivity contribution in [1.29, 1.82) is 0 Å². The third-order valence-corrected chi connectivity index (χ3v) is 5.01. The van der Waals surface area contributed by atoms with E-state index >= 15 is 0 Å². The van der Waals surface area contributed by atoms with Crippen LogP contribution in [0.4, 0.5) is 0 Å². The second-order valence-electron chi connectivity index (χ2n) is 5.09. The molecule has 1 fully saturated rings. The van der Waals surface area contributed by atoms with E-state index in [9.17, 15) is 0 Å². The normalized spacial score (nSPS) is 19.3. The average molecular weight is 298 g/mol. The maximum atomic E-state index is 6.47. The van der Waals surface area contributed by atoms with Crippen LogP contribution >= 0.6 is 22.9 Å². The first-order valence-electron chi connectivity index (χ1n) is 6.55. The molecule has 2 aromatic rings. The molecule has 0 amide bonds. The van der Waals surface area contributed by atoms with Gasteiger partial charge in [-0.15, -0.1) is 11.3 Å². The summed E-state index contributed by atoms with van der Waals surface area (Å²) in [5.74, 6) is 1.10. The Labute approximate surface area is 121 Å². The zero-order valence-corrected chi connectivity index (χ0v) is 12.1. The van der Waals surface area contributed by atoms with Gasteiger partial charge in [0.25, 0.3) is 5.89 Å². The van der Waals surface area contributed by atoms with Gasteiger partial charge in [-0.3, -0.25) is 0 Å². The summed E-state index contributed by atoms with van der Waals surface area (Å²) < 4.78 is 5.33. The minimum absolute atomic E-state index is 0.442. The van der Waals surface area contributed by atoms with Crippen molar-refractivity contribution >= 4 is 22.9 Å². The van der Waals surface area contributed by atoms with E-state index in [4.69, 9.17) is 21.9 Å². The molecule has 0 unspecified atom stereocenters. The highest BCUT2D eigenvalue weighted by Crippen LogP contribution is 2.36. The monoisotopic (exact) mass is 297 g/mol. The van der Waals surface area contributed by atoms with Crippen LogP contribution in [0.1, 0.15) is 44.3 Å². The number of aromatic nitrogens is 2. The van der Waals surface area contributed by atoms with E-state index in [-0.39, 0.29) is 0 Å². The minimum atomic E-state index is -0.442. The number of nitrogens with two attached hydrogens (primary N) is 1. The van der Waals surface area contributed by atoms with Crippen LogP contribution in [0.25, 0.3) is 10.8 Å². The molecule has 0 bridgehead atoms. The van der Waals surface area contributed by atoms with E-state index in [1.165, 1.54) is 24.2 Å². The molecule has 0 saturated heterocycles. The quantitative estimate of drug-likeness (QED) is 0.852. The first kappa shape index (κ1) is 13.1. The summed E-state index contributed by atoms with van der Waals surface area (Å²) in [6.45, 7) is 0. The summed E-state index contributed by atoms with van der Waals surface area (Å²) >= 11 is 7.58. The van der Waals surface area contributed by atoms with Crippen molar-refractivity contribution in [2.24, 2.45) is 5.73 Å². The van der Waals surface area contributed by atoms with Crippen molar-refractivity contribution in [2.75, 3.05) is 0 Å². The third kappa shape index (κ3) is 2.55. The van der Waals surface area contributed by atoms with Gasteiger partial charge in [-0.05, 0) is 24.3 Å². The fraction of sp³-hybridized carbons (Fsp3) is 0.538. The molecule has 4 nitrogen and oxygen atoms in total. The van der Waals surface area contributed by atoms with Crippen LogP contribution in [-0.2, 0) is 5.54 Å². The highest BCUT2D eigenvalue weighted by Gasteiger charge is 2.33. The smallest absolute Gasteiger partial charge is 0.269 e. The predicted octanol–water partition coefficient (Wildman–Crippen LogP) is 3.96. The summed E-state index contributed by atoms with van der Waals surface area (Å²) in [6, 6.07) is 1.83. The average Bonchev–Trinajstić information content (AvgIpc) is 2.97. The predicted molar refractivity (Wildman–Crippen MR) is 76.2 cm³/mol. The molecule has 6 heteroatoms. The Morgan fingerprint density at radius 3 is 2.63 bits per heavy atom.